The molecule has 6 nitrogen and oxygen atoms in total. The van der Waals surface area contributed by atoms with E-state index in [4.69, 9.17) is 0 Å². The number of rotatable bonds is 6. The number of hydrogen-bond acceptors (Lipinski definition) is 4. The molecular weight excluding hydrogens is 388 g/mol. The van der Waals surface area contributed by atoms with Crippen LogP contribution in [0.3, 0.4) is 0 Å². The lowest BCUT2D eigenvalue weighted by molar-refractivity contribution is -0.118. The minimum absolute atomic E-state index is 0.0793. The zero-order valence-electron chi connectivity index (χ0n) is 15.7. The van der Waals surface area contributed by atoms with Gasteiger partial charge in [0.1, 0.15) is 12.3 Å². The van der Waals surface area contributed by atoms with Crippen LogP contribution in [0.25, 0.3) is 0 Å². The smallest absolute Gasteiger partial charge is 0.233 e. The Morgan fingerprint density at radius 2 is 1.82 bits per heavy atom. The summed E-state index contributed by atoms with van der Waals surface area (Å²) in [5.41, 5.74) is 0.596. The van der Waals surface area contributed by atoms with E-state index in [1.54, 1.807) is 36.1 Å². The molecule has 1 heterocycles. The molecule has 1 aromatic carbocycles. The zero-order valence-corrected chi connectivity index (χ0v) is 16.5. The first-order valence-corrected chi connectivity index (χ1v) is 10.9. The number of anilines is 1. The van der Waals surface area contributed by atoms with Gasteiger partial charge in [-0.3, -0.25) is 9.48 Å². The molecule has 0 radical (unpaired) electrons. The van der Waals surface area contributed by atoms with Crippen LogP contribution in [0.5, 0.6) is 0 Å². The van der Waals surface area contributed by atoms with E-state index < -0.39 is 28.1 Å². The fraction of sp³-hybridized carbons (Fsp3) is 0.474. The lowest BCUT2D eigenvalue weighted by Crippen LogP contribution is -2.23. The normalized spacial score (nSPS) is 23.5. The Balaban J connectivity index is 1.84. The molecule has 1 amide bonds. The number of hydrogen-bond donors (Lipinski definition) is 1. The van der Waals surface area contributed by atoms with Gasteiger partial charge in [0.2, 0.25) is 5.91 Å². The number of sulfone groups is 1. The standard InChI is InChI=1S/C19H23F2N3O3S/c1-24-8-7-18(23-24)22-19(25)15(9-12-10-16(20)17(21)11-12)13-3-5-14(6-4-13)28(2,26)27/h3-8,12,15-17H,9-11H2,1-2H3,(H,22,23,25)/t12?,15-,16?,17?/m1/s1. The Morgan fingerprint density at radius 3 is 2.32 bits per heavy atom. The van der Waals surface area contributed by atoms with Crippen LogP contribution in [0.2, 0.25) is 0 Å². The van der Waals surface area contributed by atoms with E-state index in [1.165, 1.54) is 12.1 Å². The van der Waals surface area contributed by atoms with Crippen LogP contribution in [-0.4, -0.2) is 42.7 Å². The third-order valence-electron chi connectivity index (χ3n) is 5.07. The van der Waals surface area contributed by atoms with Crippen molar-refractivity contribution in [3.8, 4) is 0 Å². The molecule has 1 fully saturated rings. The second kappa shape index (κ2) is 7.98. The van der Waals surface area contributed by atoms with Crippen molar-refractivity contribution in [2.75, 3.05) is 11.6 Å². The largest absolute Gasteiger partial charge is 0.309 e. The molecule has 1 aromatic heterocycles. The van der Waals surface area contributed by atoms with Gasteiger partial charge >= 0.3 is 0 Å². The summed E-state index contributed by atoms with van der Waals surface area (Å²) in [6.07, 6.45) is 0.219. The van der Waals surface area contributed by atoms with Crippen molar-refractivity contribution in [1.29, 1.82) is 0 Å². The lowest BCUT2D eigenvalue weighted by atomic mass is 9.87. The number of amides is 1. The van der Waals surface area contributed by atoms with E-state index in [9.17, 15) is 22.0 Å². The van der Waals surface area contributed by atoms with Crippen LogP contribution in [0.4, 0.5) is 14.6 Å². The van der Waals surface area contributed by atoms with Crippen LogP contribution < -0.4 is 5.32 Å². The Bertz CT molecular complexity index is 934. The van der Waals surface area contributed by atoms with Crippen LogP contribution in [0, 0.1) is 5.92 Å². The highest BCUT2D eigenvalue weighted by atomic mass is 32.2. The molecule has 28 heavy (non-hydrogen) atoms. The van der Waals surface area contributed by atoms with Crippen molar-refractivity contribution < 1.29 is 22.0 Å². The average molecular weight is 411 g/mol. The zero-order chi connectivity index (χ0) is 20.5. The molecule has 0 spiro atoms. The Kier molecular flexibility index (Phi) is 5.83. The molecule has 3 atom stereocenters. The third-order valence-corrected chi connectivity index (χ3v) is 6.20. The van der Waals surface area contributed by atoms with E-state index in [-0.39, 0.29) is 36.0 Å². The van der Waals surface area contributed by atoms with Gasteiger partial charge in [-0.15, -0.1) is 0 Å². The van der Waals surface area contributed by atoms with E-state index in [0.717, 1.165) is 6.26 Å². The molecular formula is C19H23F2N3O3S. The molecule has 1 N–H and O–H groups in total. The van der Waals surface area contributed by atoms with Crippen LogP contribution in [0.1, 0.15) is 30.7 Å². The third kappa shape index (κ3) is 4.76. The van der Waals surface area contributed by atoms with Crippen molar-refractivity contribution in [1.82, 2.24) is 9.78 Å². The number of aromatic nitrogens is 2. The van der Waals surface area contributed by atoms with Gasteiger partial charge in [-0.05, 0) is 42.9 Å². The van der Waals surface area contributed by atoms with Gasteiger partial charge < -0.3 is 5.32 Å². The first-order valence-electron chi connectivity index (χ1n) is 9.02. The highest BCUT2D eigenvalue weighted by Crippen LogP contribution is 2.38. The minimum atomic E-state index is -3.36. The topological polar surface area (TPSA) is 81.1 Å². The number of nitrogens with zero attached hydrogens (tertiary/aromatic N) is 2. The van der Waals surface area contributed by atoms with Crippen LogP contribution in [-0.2, 0) is 21.7 Å². The molecule has 2 aromatic rings. The minimum Gasteiger partial charge on any atom is -0.309 e. The quantitative estimate of drug-likeness (QED) is 0.792. The molecule has 152 valence electrons. The Hall–Kier alpha value is -2.29. The monoisotopic (exact) mass is 411 g/mol. The number of benzene rings is 1. The summed E-state index contributed by atoms with van der Waals surface area (Å²) in [5.74, 6) is -0.899. The van der Waals surface area contributed by atoms with Gasteiger partial charge in [0, 0.05) is 25.6 Å². The van der Waals surface area contributed by atoms with Crippen molar-refractivity contribution >= 4 is 21.6 Å². The molecule has 1 aliphatic rings. The first-order chi connectivity index (χ1) is 13.1. The summed E-state index contributed by atoms with van der Waals surface area (Å²) in [6, 6.07) is 7.68. The van der Waals surface area contributed by atoms with Crippen molar-refractivity contribution in [3.05, 3.63) is 42.1 Å². The lowest BCUT2D eigenvalue weighted by Gasteiger charge is -2.20. The second-order valence-corrected chi connectivity index (χ2v) is 9.38. The number of carbonyl (C=O) groups excluding carboxylic acids is 1. The molecule has 0 aliphatic heterocycles. The maximum Gasteiger partial charge on any atom is 0.233 e. The highest BCUT2D eigenvalue weighted by Gasteiger charge is 2.37. The van der Waals surface area contributed by atoms with Crippen molar-refractivity contribution in [3.63, 3.8) is 0 Å². The maximum absolute atomic E-state index is 13.6. The summed E-state index contributed by atoms with van der Waals surface area (Å²) in [5, 5.41) is 6.84. The average Bonchev–Trinajstić information content (AvgIpc) is 3.17. The number of carbonyl (C=O) groups is 1. The SMILES string of the molecule is Cn1ccc(NC(=O)[C@H](CC2CC(F)C(F)C2)c2ccc(S(C)(=O)=O)cc2)n1. The number of aryl methyl sites for hydroxylation is 1. The van der Waals surface area contributed by atoms with E-state index in [0.29, 0.717) is 11.4 Å². The summed E-state index contributed by atoms with van der Waals surface area (Å²) in [7, 11) is -1.64. The van der Waals surface area contributed by atoms with E-state index in [1.807, 2.05) is 0 Å². The fourth-order valence-corrected chi connectivity index (χ4v) is 4.22. The molecule has 1 saturated carbocycles. The number of nitrogens with one attached hydrogen (secondary N) is 1. The van der Waals surface area contributed by atoms with Gasteiger partial charge in [-0.2, -0.15) is 5.10 Å². The predicted molar refractivity (Wildman–Crippen MR) is 101 cm³/mol. The summed E-state index contributed by atoms with van der Waals surface area (Å²) < 4.78 is 52.1. The predicted octanol–water partition coefficient (Wildman–Crippen LogP) is 3.02. The summed E-state index contributed by atoms with van der Waals surface area (Å²) >= 11 is 0. The van der Waals surface area contributed by atoms with Gasteiger partial charge in [-0.1, -0.05) is 12.1 Å². The Morgan fingerprint density at radius 1 is 1.21 bits per heavy atom. The summed E-state index contributed by atoms with van der Waals surface area (Å²) in [6.45, 7) is 0. The van der Waals surface area contributed by atoms with E-state index >= 15 is 0 Å². The van der Waals surface area contributed by atoms with Crippen molar-refractivity contribution in [2.45, 2.75) is 42.4 Å². The molecule has 0 bridgehead atoms. The Labute approximate surface area is 162 Å². The van der Waals surface area contributed by atoms with Gasteiger partial charge in [0.05, 0.1) is 10.8 Å². The highest BCUT2D eigenvalue weighted by molar-refractivity contribution is 7.90. The van der Waals surface area contributed by atoms with Crippen molar-refractivity contribution in [2.24, 2.45) is 13.0 Å². The summed E-state index contributed by atoms with van der Waals surface area (Å²) in [4.78, 5) is 13.0. The molecule has 0 saturated heterocycles. The van der Waals surface area contributed by atoms with E-state index in [2.05, 4.69) is 10.4 Å². The van der Waals surface area contributed by atoms with Gasteiger partial charge in [-0.25, -0.2) is 17.2 Å². The number of halogens is 2. The molecule has 3 rings (SSSR count). The van der Waals surface area contributed by atoms with Crippen LogP contribution >= 0.6 is 0 Å². The maximum atomic E-state index is 13.6. The first kappa shape index (κ1) is 20.4. The number of alkyl halides is 2. The van der Waals surface area contributed by atoms with Gasteiger partial charge in [0.15, 0.2) is 15.7 Å². The molecule has 1 aliphatic carbocycles. The second-order valence-electron chi connectivity index (χ2n) is 7.36. The molecule has 9 heteroatoms. The fourth-order valence-electron chi connectivity index (χ4n) is 3.59. The van der Waals surface area contributed by atoms with Gasteiger partial charge in [0.25, 0.3) is 0 Å². The van der Waals surface area contributed by atoms with Crippen LogP contribution in [0.15, 0.2) is 41.4 Å². The molecule has 2 unspecified atom stereocenters.